The summed E-state index contributed by atoms with van der Waals surface area (Å²) in [5.41, 5.74) is 1.17. The number of carbonyl (C=O) groups excluding carboxylic acids is 1. The molecule has 1 saturated carbocycles. The first kappa shape index (κ1) is 22.2. The number of anilines is 1. The molecule has 1 atom stereocenters. The summed E-state index contributed by atoms with van der Waals surface area (Å²) >= 11 is 0. The lowest BCUT2D eigenvalue weighted by Crippen LogP contribution is -2.43. The van der Waals surface area contributed by atoms with Crippen molar-refractivity contribution >= 4 is 21.6 Å². The van der Waals surface area contributed by atoms with E-state index in [0.717, 1.165) is 12.8 Å². The van der Waals surface area contributed by atoms with E-state index in [9.17, 15) is 13.2 Å². The van der Waals surface area contributed by atoms with Crippen molar-refractivity contribution < 1.29 is 17.9 Å². The highest BCUT2D eigenvalue weighted by atomic mass is 32.2. The van der Waals surface area contributed by atoms with Crippen LogP contribution in [0, 0.1) is 6.92 Å². The van der Waals surface area contributed by atoms with Crippen LogP contribution >= 0.6 is 0 Å². The van der Waals surface area contributed by atoms with Crippen molar-refractivity contribution in [1.29, 1.82) is 0 Å². The number of benzene rings is 1. The van der Waals surface area contributed by atoms with Gasteiger partial charge in [0.15, 0.2) is 0 Å². The van der Waals surface area contributed by atoms with Crippen molar-refractivity contribution in [1.82, 2.24) is 9.62 Å². The first-order valence-electron chi connectivity index (χ1n) is 10.6. The predicted molar refractivity (Wildman–Crippen MR) is 113 cm³/mol. The monoisotopic (exact) mass is 423 g/mol. The van der Waals surface area contributed by atoms with E-state index in [-0.39, 0.29) is 16.8 Å². The van der Waals surface area contributed by atoms with E-state index in [2.05, 4.69) is 10.6 Å². The number of ether oxygens (including phenoxy) is 1. The SMILES string of the molecule is Cc1ccc(NC(=O)[C@@H](C)NC2CCCCCC2)cc1S(=O)(=O)N1CCOCC1. The van der Waals surface area contributed by atoms with Gasteiger partial charge >= 0.3 is 0 Å². The first-order chi connectivity index (χ1) is 13.9. The van der Waals surface area contributed by atoms with Gasteiger partial charge in [-0.1, -0.05) is 31.7 Å². The Balaban J connectivity index is 1.67. The lowest BCUT2D eigenvalue weighted by atomic mass is 10.1. The van der Waals surface area contributed by atoms with Crippen LogP contribution in [0.2, 0.25) is 0 Å². The molecule has 0 unspecified atom stereocenters. The van der Waals surface area contributed by atoms with E-state index in [1.54, 1.807) is 25.1 Å². The molecule has 1 aromatic carbocycles. The molecule has 1 amide bonds. The van der Waals surface area contributed by atoms with Crippen LogP contribution in [0.5, 0.6) is 0 Å². The number of hydrogen-bond donors (Lipinski definition) is 2. The van der Waals surface area contributed by atoms with Crippen LogP contribution in [-0.4, -0.2) is 57.0 Å². The van der Waals surface area contributed by atoms with Crippen LogP contribution in [-0.2, 0) is 19.6 Å². The fourth-order valence-electron chi connectivity index (χ4n) is 4.01. The molecule has 2 fully saturated rings. The van der Waals surface area contributed by atoms with Crippen LogP contribution in [0.1, 0.15) is 51.0 Å². The van der Waals surface area contributed by atoms with Gasteiger partial charge in [-0.05, 0) is 44.4 Å². The van der Waals surface area contributed by atoms with Crippen LogP contribution < -0.4 is 10.6 Å². The smallest absolute Gasteiger partial charge is 0.243 e. The summed E-state index contributed by atoms with van der Waals surface area (Å²) in [6.45, 7) is 5.13. The molecule has 3 rings (SSSR count). The fraction of sp³-hybridized carbons (Fsp3) is 0.667. The highest BCUT2D eigenvalue weighted by molar-refractivity contribution is 7.89. The molecule has 1 saturated heterocycles. The highest BCUT2D eigenvalue weighted by Gasteiger charge is 2.28. The van der Waals surface area contributed by atoms with Gasteiger partial charge in [0.05, 0.1) is 24.2 Å². The second-order valence-electron chi connectivity index (χ2n) is 8.06. The largest absolute Gasteiger partial charge is 0.379 e. The number of hydrogen-bond acceptors (Lipinski definition) is 5. The van der Waals surface area contributed by atoms with E-state index in [1.165, 1.54) is 30.0 Å². The van der Waals surface area contributed by atoms with Crippen LogP contribution in [0.3, 0.4) is 0 Å². The maximum absolute atomic E-state index is 13.0. The minimum absolute atomic E-state index is 0.146. The summed E-state index contributed by atoms with van der Waals surface area (Å²) in [6.07, 6.45) is 7.14. The molecule has 162 valence electrons. The third kappa shape index (κ3) is 5.78. The van der Waals surface area contributed by atoms with Crippen molar-refractivity contribution in [2.24, 2.45) is 0 Å². The van der Waals surface area contributed by atoms with Gasteiger partial charge in [-0.15, -0.1) is 0 Å². The molecule has 2 aliphatic rings. The van der Waals surface area contributed by atoms with Gasteiger partial charge in [-0.3, -0.25) is 4.79 Å². The van der Waals surface area contributed by atoms with E-state index >= 15 is 0 Å². The number of nitrogens with zero attached hydrogens (tertiary/aromatic N) is 1. The van der Waals surface area contributed by atoms with E-state index < -0.39 is 10.0 Å². The zero-order chi connectivity index (χ0) is 20.9. The number of rotatable bonds is 6. The summed E-state index contributed by atoms with van der Waals surface area (Å²) < 4.78 is 32.7. The van der Waals surface area contributed by atoms with Crippen molar-refractivity contribution in [3.05, 3.63) is 23.8 Å². The molecule has 1 aliphatic heterocycles. The average Bonchev–Trinajstić information content (AvgIpc) is 2.98. The first-order valence-corrected chi connectivity index (χ1v) is 12.1. The molecule has 1 heterocycles. The Labute approximate surface area is 174 Å². The maximum Gasteiger partial charge on any atom is 0.243 e. The standard InChI is InChI=1S/C21H33N3O4S/c1-16-9-10-19(15-20(16)29(26,27)24-11-13-28-14-12-24)23-21(25)17(2)22-18-7-5-3-4-6-8-18/h9-10,15,17-18,22H,3-8,11-14H2,1-2H3,(H,23,25)/t17-/m1/s1. The van der Waals surface area contributed by atoms with Gasteiger partial charge in [-0.2, -0.15) is 4.31 Å². The van der Waals surface area contributed by atoms with Crippen LogP contribution in [0.4, 0.5) is 5.69 Å². The molecular formula is C21H33N3O4S. The molecule has 0 radical (unpaired) electrons. The predicted octanol–water partition coefficient (Wildman–Crippen LogP) is 2.66. The van der Waals surface area contributed by atoms with Crippen LogP contribution in [0.25, 0.3) is 0 Å². The Hall–Kier alpha value is -1.48. The Kier molecular flexibility index (Phi) is 7.67. The molecule has 1 aliphatic carbocycles. The molecule has 8 heteroatoms. The number of nitrogens with one attached hydrogen (secondary N) is 2. The molecule has 2 N–H and O–H groups in total. The summed E-state index contributed by atoms with van der Waals surface area (Å²) in [5.74, 6) is -0.146. The van der Waals surface area contributed by atoms with Gasteiger partial charge < -0.3 is 15.4 Å². The lowest BCUT2D eigenvalue weighted by molar-refractivity contribution is -0.118. The van der Waals surface area contributed by atoms with Gasteiger partial charge in [-0.25, -0.2) is 8.42 Å². The number of morpholine rings is 1. The molecular weight excluding hydrogens is 390 g/mol. The molecule has 0 aromatic heterocycles. The van der Waals surface area contributed by atoms with E-state index in [4.69, 9.17) is 4.74 Å². The molecule has 29 heavy (non-hydrogen) atoms. The maximum atomic E-state index is 13.0. The van der Waals surface area contributed by atoms with Gasteiger partial charge in [0, 0.05) is 24.8 Å². The highest BCUT2D eigenvalue weighted by Crippen LogP contribution is 2.24. The molecule has 0 spiro atoms. The molecule has 7 nitrogen and oxygen atoms in total. The van der Waals surface area contributed by atoms with Crippen molar-refractivity contribution in [3.8, 4) is 0 Å². The Morgan fingerprint density at radius 2 is 1.79 bits per heavy atom. The van der Waals surface area contributed by atoms with E-state index in [0.29, 0.717) is 43.6 Å². The Morgan fingerprint density at radius 1 is 1.14 bits per heavy atom. The van der Waals surface area contributed by atoms with Gasteiger partial charge in [0.2, 0.25) is 15.9 Å². The van der Waals surface area contributed by atoms with E-state index in [1.807, 2.05) is 6.92 Å². The summed E-state index contributed by atoms with van der Waals surface area (Å²) in [7, 11) is -3.61. The summed E-state index contributed by atoms with van der Waals surface area (Å²) in [5, 5.41) is 6.31. The number of aryl methyl sites for hydroxylation is 1. The Morgan fingerprint density at radius 3 is 2.45 bits per heavy atom. The second-order valence-corrected chi connectivity index (χ2v) is 9.97. The summed E-state index contributed by atoms with van der Waals surface area (Å²) in [6, 6.07) is 5.10. The normalized spacial score (nSPS) is 20.8. The van der Waals surface area contributed by atoms with Gasteiger partial charge in [0.1, 0.15) is 0 Å². The zero-order valence-electron chi connectivity index (χ0n) is 17.4. The fourth-order valence-corrected chi connectivity index (χ4v) is 5.67. The second kappa shape index (κ2) is 10.0. The topological polar surface area (TPSA) is 87.7 Å². The quantitative estimate of drug-likeness (QED) is 0.687. The van der Waals surface area contributed by atoms with Crippen molar-refractivity contribution in [3.63, 3.8) is 0 Å². The molecule has 0 bridgehead atoms. The minimum atomic E-state index is -3.61. The number of amides is 1. The third-order valence-corrected chi connectivity index (χ3v) is 7.82. The molecule has 1 aromatic rings. The summed E-state index contributed by atoms with van der Waals surface area (Å²) in [4.78, 5) is 12.9. The van der Waals surface area contributed by atoms with Gasteiger partial charge in [0.25, 0.3) is 0 Å². The number of sulfonamides is 1. The lowest BCUT2D eigenvalue weighted by Gasteiger charge is -2.27. The van der Waals surface area contributed by atoms with Crippen LogP contribution in [0.15, 0.2) is 23.1 Å². The van der Waals surface area contributed by atoms with Crippen molar-refractivity contribution in [2.45, 2.75) is 69.4 Å². The Bertz CT molecular complexity index is 798. The zero-order valence-corrected chi connectivity index (χ0v) is 18.3. The third-order valence-electron chi connectivity index (χ3n) is 5.78. The number of carbonyl (C=O) groups is 1. The minimum Gasteiger partial charge on any atom is -0.379 e. The average molecular weight is 424 g/mol. The van der Waals surface area contributed by atoms with Crippen molar-refractivity contribution in [2.75, 3.05) is 31.6 Å².